The summed E-state index contributed by atoms with van der Waals surface area (Å²) in [7, 11) is 0. The predicted molar refractivity (Wildman–Crippen MR) is 94.4 cm³/mol. The number of rotatable bonds is 4. The van der Waals surface area contributed by atoms with Crippen LogP contribution in [0.25, 0.3) is 10.9 Å². The molecule has 138 valence electrons. The first-order chi connectivity index (χ1) is 12.9. The molecule has 4 rings (SSSR count). The summed E-state index contributed by atoms with van der Waals surface area (Å²) in [5.41, 5.74) is 2.26. The molecule has 0 bridgehead atoms. The van der Waals surface area contributed by atoms with E-state index in [4.69, 9.17) is 0 Å². The zero-order valence-corrected chi connectivity index (χ0v) is 14.3. The van der Waals surface area contributed by atoms with Gasteiger partial charge in [0.25, 0.3) is 5.91 Å². The van der Waals surface area contributed by atoms with Crippen LogP contribution >= 0.6 is 0 Å². The molecule has 0 atom stereocenters. The van der Waals surface area contributed by atoms with Crippen LogP contribution in [0.1, 0.15) is 21.6 Å². The molecule has 0 radical (unpaired) electrons. The third kappa shape index (κ3) is 3.05. The van der Waals surface area contributed by atoms with E-state index >= 15 is 0 Å². The van der Waals surface area contributed by atoms with E-state index in [0.717, 1.165) is 5.56 Å². The number of nitrogens with zero attached hydrogens (tertiary/aromatic N) is 2. The predicted octanol–water partition coefficient (Wildman–Crippen LogP) is 3.20. The molecule has 2 aromatic carbocycles. The third-order valence-electron chi connectivity index (χ3n) is 4.83. The molecule has 0 unspecified atom stereocenters. The van der Waals surface area contributed by atoms with Gasteiger partial charge in [-0.05, 0) is 47.9 Å². The maximum atomic E-state index is 13.7. The lowest BCUT2D eigenvalue weighted by atomic mass is 10.0. The highest BCUT2D eigenvalue weighted by molar-refractivity contribution is 6.03. The van der Waals surface area contributed by atoms with Crippen molar-refractivity contribution < 1.29 is 23.5 Å². The van der Waals surface area contributed by atoms with Crippen molar-refractivity contribution in [2.45, 2.75) is 19.5 Å². The van der Waals surface area contributed by atoms with Crippen LogP contribution in [0.5, 0.6) is 0 Å². The fraction of sp³-hybridized carbons (Fsp3) is 0.200. The number of aliphatic carboxylic acids is 1. The Bertz CT molecular complexity index is 1060. The minimum atomic E-state index is -1.08. The largest absolute Gasteiger partial charge is 0.480 e. The maximum absolute atomic E-state index is 13.7. The Morgan fingerprint density at radius 3 is 2.48 bits per heavy atom. The van der Waals surface area contributed by atoms with E-state index in [-0.39, 0.29) is 24.0 Å². The molecule has 1 amide bonds. The summed E-state index contributed by atoms with van der Waals surface area (Å²) >= 11 is 0. The van der Waals surface area contributed by atoms with E-state index in [2.05, 4.69) is 0 Å². The number of fused-ring (bicyclic) bond motifs is 3. The second kappa shape index (κ2) is 6.50. The monoisotopic (exact) mass is 370 g/mol. The molecule has 1 aromatic heterocycles. The number of aromatic nitrogens is 1. The summed E-state index contributed by atoms with van der Waals surface area (Å²) in [5.74, 6) is -2.17. The van der Waals surface area contributed by atoms with Gasteiger partial charge < -0.3 is 14.6 Å². The zero-order valence-electron chi connectivity index (χ0n) is 14.3. The third-order valence-corrected chi connectivity index (χ3v) is 4.83. The molecular weight excluding hydrogens is 354 g/mol. The van der Waals surface area contributed by atoms with Crippen molar-refractivity contribution in [3.05, 3.63) is 70.9 Å². The van der Waals surface area contributed by atoms with Crippen molar-refractivity contribution >= 4 is 22.8 Å². The van der Waals surface area contributed by atoms with E-state index in [1.807, 2.05) is 0 Å². The lowest BCUT2D eigenvalue weighted by Crippen LogP contribution is -2.38. The second-order valence-electron chi connectivity index (χ2n) is 6.57. The first-order valence-electron chi connectivity index (χ1n) is 8.50. The lowest BCUT2D eigenvalue weighted by Gasteiger charge is -2.28. The molecule has 0 fully saturated rings. The quantitative estimate of drug-likeness (QED) is 0.767. The summed E-state index contributed by atoms with van der Waals surface area (Å²) in [6, 6.07) is 9.99. The van der Waals surface area contributed by atoms with Crippen molar-refractivity contribution in [1.82, 2.24) is 9.47 Å². The number of halogens is 2. The fourth-order valence-corrected chi connectivity index (χ4v) is 3.65. The molecule has 27 heavy (non-hydrogen) atoms. The van der Waals surface area contributed by atoms with Crippen LogP contribution in [0.3, 0.4) is 0 Å². The molecule has 0 saturated heterocycles. The second-order valence-corrected chi connectivity index (χ2v) is 6.57. The van der Waals surface area contributed by atoms with Gasteiger partial charge in [-0.15, -0.1) is 0 Å². The molecular formula is C20H16F2N2O3. The molecule has 1 aliphatic heterocycles. The molecule has 1 aliphatic rings. The van der Waals surface area contributed by atoms with E-state index in [1.54, 1.807) is 17.0 Å². The van der Waals surface area contributed by atoms with Crippen LogP contribution in [0, 0.1) is 11.6 Å². The van der Waals surface area contributed by atoms with Gasteiger partial charge in [-0.1, -0.05) is 12.1 Å². The minimum absolute atomic E-state index is 0.284. The van der Waals surface area contributed by atoms with Gasteiger partial charge in [0, 0.05) is 24.0 Å². The highest BCUT2D eigenvalue weighted by atomic mass is 19.1. The number of carbonyl (C=O) groups is 2. The summed E-state index contributed by atoms with van der Waals surface area (Å²) in [6.07, 6.45) is 0.495. The van der Waals surface area contributed by atoms with Gasteiger partial charge in [0.05, 0.1) is 0 Å². The fourth-order valence-electron chi connectivity index (χ4n) is 3.65. The Labute approximate surface area is 153 Å². The highest BCUT2D eigenvalue weighted by Gasteiger charge is 2.31. The molecule has 5 nitrogen and oxygen atoms in total. The summed E-state index contributed by atoms with van der Waals surface area (Å²) in [4.78, 5) is 26.0. The number of hydrogen-bond acceptors (Lipinski definition) is 2. The zero-order chi connectivity index (χ0) is 19.1. The summed E-state index contributed by atoms with van der Waals surface area (Å²) in [6.45, 7) is 0.334. The van der Waals surface area contributed by atoms with Crippen LogP contribution < -0.4 is 0 Å². The van der Waals surface area contributed by atoms with Gasteiger partial charge in [0.1, 0.15) is 23.9 Å². The summed E-state index contributed by atoms with van der Waals surface area (Å²) in [5, 5.41) is 9.83. The van der Waals surface area contributed by atoms with Crippen molar-refractivity contribution in [2.24, 2.45) is 0 Å². The van der Waals surface area contributed by atoms with Crippen molar-refractivity contribution in [2.75, 3.05) is 6.54 Å². The standard InChI is InChI=1S/C20H16F2N2O3/c21-13-3-1-12(2-4-13)10-23-8-7-15-16-9-14(22)5-6-17(16)24(11-18(25)26)19(15)20(23)27/h1-6,9H,7-8,10-11H2,(H,25,26). The molecule has 0 aliphatic carbocycles. The molecule has 0 saturated carbocycles. The van der Waals surface area contributed by atoms with Crippen molar-refractivity contribution in [3.63, 3.8) is 0 Å². The number of carboxylic acids is 1. The van der Waals surface area contributed by atoms with Gasteiger partial charge in [-0.3, -0.25) is 9.59 Å². The van der Waals surface area contributed by atoms with Crippen LogP contribution in [0.2, 0.25) is 0 Å². The molecule has 3 aromatic rings. The average molecular weight is 370 g/mol. The molecule has 1 N–H and O–H groups in total. The molecule has 7 heteroatoms. The van der Waals surface area contributed by atoms with Crippen LogP contribution in [0.15, 0.2) is 42.5 Å². The average Bonchev–Trinajstić information content (AvgIpc) is 2.92. The molecule has 0 spiro atoms. The van der Waals surface area contributed by atoms with Crippen molar-refractivity contribution in [3.8, 4) is 0 Å². The lowest BCUT2D eigenvalue weighted by molar-refractivity contribution is -0.137. The Morgan fingerprint density at radius 2 is 1.78 bits per heavy atom. The van der Waals surface area contributed by atoms with Crippen LogP contribution in [0.4, 0.5) is 8.78 Å². The first-order valence-corrected chi connectivity index (χ1v) is 8.50. The Morgan fingerprint density at radius 1 is 1.07 bits per heavy atom. The normalized spacial score (nSPS) is 13.9. The Hall–Kier alpha value is -3.22. The number of amides is 1. The number of hydrogen-bond donors (Lipinski definition) is 1. The van der Waals surface area contributed by atoms with Gasteiger partial charge in [0.15, 0.2) is 0 Å². The van der Waals surface area contributed by atoms with Crippen LogP contribution in [-0.4, -0.2) is 33.0 Å². The first kappa shape index (κ1) is 17.2. The number of benzene rings is 2. The van der Waals surface area contributed by atoms with Crippen molar-refractivity contribution in [1.29, 1.82) is 0 Å². The number of carbonyl (C=O) groups excluding carboxylic acids is 1. The minimum Gasteiger partial charge on any atom is -0.480 e. The topological polar surface area (TPSA) is 62.5 Å². The van der Waals surface area contributed by atoms with Gasteiger partial charge in [0.2, 0.25) is 0 Å². The van der Waals surface area contributed by atoms with Gasteiger partial charge in [-0.2, -0.15) is 0 Å². The van der Waals surface area contributed by atoms with E-state index in [9.17, 15) is 23.5 Å². The van der Waals surface area contributed by atoms with Gasteiger partial charge >= 0.3 is 5.97 Å². The highest BCUT2D eigenvalue weighted by Crippen LogP contribution is 2.32. The van der Waals surface area contributed by atoms with E-state index in [0.29, 0.717) is 36.0 Å². The maximum Gasteiger partial charge on any atom is 0.323 e. The van der Waals surface area contributed by atoms with Gasteiger partial charge in [-0.25, -0.2) is 8.78 Å². The van der Waals surface area contributed by atoms with E-state index < -0.39 is 11.8 Å². The summed E-state index contributed by atoms with van der Waals surface area (Å²) < 4.78 is 28.3. The SMILES string of the molecule is O=C(O)Cn1c2c(c3cc(F)ccc31)CCN(Cc1ccc(F)cc1)C2=O. The Kier molecular flexibility index (Phi) is 4.14. The number of carboxylic acid groups (broad SMARTS) is 1. The van der Waals surface area contributed by atoms with Crippen LogP contribution in [-0.2, 0) is 24.3 Å². The van der Waals surface area contributed by atoms with E-state index in [1.165, 1.54) is 34.9 Å². The Balaban J connectivity index is 1.77. The smallest absolute Gasteiger partial charge is 0.323 e. The molecule has 2 heterocycles.